The maximum absolute atomic E-state index is 5.70. The smallest absolute Gasteiger partial charge is 0.0633 e. The second-order valence-corrected chi connectivity index (χ2v) is 3.71. The second-order valence-electron chi connectivity index (χ2n) is 3.71. The van der Waals surface area contributed by atoms with Gasteiger partial charge in [-0.3, -0.25) is 4.98 Å². The number of nitrogens with two attached hydrogens (primary N) is 1. The van der Waals surface area contributed by atoms with Crippen molar-refractivity contribution in [3.05, 3.63) is 59.4 Å². The van der Waals surface area contributed by atoms with Gasteiger partial charge in [0.05, 0.1) is 5.69 Å². The summed E-state index contributed by atoms with van der Waals surface area (Å²) in [5.74, 6) is 0. The van der Waals surface area contributed by atoms with Gasteiger partial charge >= 0.3 is 0 Å². The molecule has 1 aromatic heterocycles. The average molecular weight is 210 g/mol. The standard InChI is InChI=1S/C14H14N2/c1-11-4-2-7-14(16-11)9-8-12-5-3-6-13(15)10-12/h2-10H,15H2,1H3. The molecule has 0 radical (unpaired) electrons. The summed E-state index contributed by atoms with van der Waals surface area (Å²) in [6.45, 7) is 1.98. The van der Waals surface area contributed by atoms with Crippen molar-refractivity contribution in [2.45, 2.75) is 6.92 Å². The van der Waals surface area contributed by atoms with Crippen molar-refractivity contribution in [1.29, 1.82) is 0 Å². The Kier molecular flexibility index (Phi) is 3.01. The summed E-state index contributed by atoms with van der Waals surface area (Å²) < 4.78 is 0. The molecule has 2 nitrogen and oxygen atoms in total. The minimum atomic E-state index is 0.777. The molecule has 1 aromatic carbocycles. The van der Waals surface area contributed by atoms with Crippen LogP contribution in [-0.4, -0.2) is 4.98 Å². The highest BCUT2D eigenvalue weighted by atomic mass is 14.7. The lowest BCUT2D eigenvalue weighted by molar-refractivity contribution is 1.18. The van der Waals surface area contributed by atoms with Crippen LogP contribution in [-0.2, 0) is 0 Å². The van der Waals surface area contributed by atoms with Gasteiger partial charge < -0.3 is 5.73 Å². The maximum Gasteiger partial charge on any atom is 0.0633 e. The highest BCUT2D eigenvalue weighted by Gasteiger charge is 1.90. The lowest BCUT2D eigenvalue weighted by atomic mass is 10.2. The van der Waals surface area contributed by atoms with Gasteiger partial charge in [-0.2, -0.15) is 0 Å². The fraction of sp³-hybridized carbons (Fsp3) is 0.0714. The number of anilines is 1. The molecule has 0 atom stereocenters. The fourth-order valence-electron chi connectivity index (χ4n) is 1.50. The number of nitrogen functional groups attached to an aromatic ring is 1. The second kappa shape index (κ2) is 4.62. The van der Waals surface area contributed by atoms with Crippen LogP contribution in [0.3, 0.4) is 0 Å². The van der Waals surface area contributed by atoms with Crippen molar-refractivity contribution >= 4 is 17.8 Å². The molecule has 0 fully saturated rings. The van der Waals surface area contributed by atoms with E-state index < -0.39 is 0 Å². The van der Waals surface area contributed by atoms with Gasteiger partial charge in [0.15, 0.2) is 0 Å². The van der Waals surface area contributed by atoms with Crippen LogP contribution in [0.1, 0.15) is 17.0 Å². The van der Waals surface area contributed by atoms with E-state index in [4.69, 9.17) is 5.73 Å². The zero-order chi connectivity index (χ0) is 11.4. The van der Waals surface area contributed by atoms with Crippen LogP contribution in [0, 0.1) is 6.92 Å². The molecule has 0 saturated heterocycles. The first-order valence-electron chi connectivity index (χ1n) is 5.21. The van der Waals surface area contributed by atoms with Crippen molar-refractivity contribution < 1.29 is 0 Å². The Labute approximate surface area is 95.5 Å². The minimum absolute atomic E-state index is 0.777. The van der Waals surface area contributed by atoms with Gasteiger partial charge in [-0.1, -0.05) is 24.3 Å². The van der Waals surface area contributed by atoms with Crippen LogP contribution >= 0.6 is 0 Å². The number of rotatable bonds is 2. The number of benzene rings is 1. The highest BCUT2D eigenvalue weighted by Crippen LogP contribution is 2.10. The zero-order valence-electron chi connectivity index (χ0n) is 9.22. The van der Waals surface area contributed by atoms with Gasteiger partial charge in [-0.25, -0.2) is 0 Å². The predicted octanol–water partition coefficient (Wildman–Crippen LogP) is 3.14. The summed E-state index contributed by atoms with van der Waals surface area (Å²) in [5, 5.41) is 0. The molecule has 0 spiro atoms. The Balaban J connectivity index is 2.21. The maximum atomic E-state index is 5.70. The molecule has 1 heterocycles. The quantitative estimate of drug-likeness (QED) is 0.773. The van der Waals surface area contributed by atoms with E-state index in [9.17, 15) is 0 Å². The Morgan fingerprint density at radius 3 is 2.62 bits per heavy atom. The third-order valence-corrected chi connectivity index (χ3v) is 2.27. The molecule has 0 aliphatic carbocycles. The molecule has 16 heavy (non-hydrogen) atoms. The van der Waals surface area contributed by atoms with E-state index in [1.807, 2.05) is 61.5 Å². The van der Waals surface area contributed by atoms with Gasteiger partial charge in [0.1, 0.15) is 0 Å². The third kappa shape index (κ3) is 2.70. The molecule has 0 bridgehead atoms. The van der Waals surface area contributed by atoms with Gasteiger partial charge in [-0.15, -0.1) is 0 Å². The monoisotopic (exact) mass is 210 g/mol. The molecule has 0 amide bonds. The number of aromatic nitrogens is 1. The number of nitrogens with zero attached hydrogens (tertiary/aromatic N) is 1. The Bertz CT molecular complexity index is 468. The first-order valence-corrected chi connectivity index (χ1v) is 5.21. The third-order valence-electron chi connectivity index (χ3n) is 2.27. The number of aryl methyl sites for hydroxylation is 1. The van der Waals surface area contributed by atoms with E-state index in [2.05, 4.69) is 4.98 Å². The molecule has 0 aliphatic rings. The SMILES string of the molecule is Cc1cccc(C=Cc2cccc(N)c2)n1. The van der Waals surface area contributed by atoms with E-state index in [1.165, 1.54) is 0 Å². The van der Waals surface area contributed by atoms with Gasteiger partial charge in [0.2, 0.25) is 0 Å². The van der Waals surface area contributed by atoms with Crippen LogP contribution in [0.25, 0.3) is 12.2 Å². The van der Waals surface area contributed by atoms with Crippen molar-refractivity contribution in [2.24, 2.45) is 0 Å². The lowest BCUT2D eigenvalue weighted by Crippen LogP contribution is -1.85. The first kappa shape index (κ1) is 10.4. The topological polar surface area (TPSA) is 38.9 Å². The zero-order valence-corrected chi connectivity index (χ0v) is 9.22. The van der Waals surface area contributed by atoms with Crippen LogP contribution in [0.4, 0.5) is 5.69 Å². The summed E-state index contributed by atoms with van der Waals surface area (Å²) in [6, 6.07) is 13.7. The normalized spacial score (nSPS) is 10.8. The molecule has 0 saturated carbocycles. The fourth-order valence-corrected chi connectivity index (χ4v) is 1.50. The van der Waals surface area contributed by atoms with Crippen molar-refractivity contribution in [1.82, 2.24) is 4.98 Å². The molecular weight excluding hydrogens is 196 g/mol. The predicted molar refractivity (Wildman–Crippen MR) is 68.8 cm³/mol. The van der Waals surface area contributed by atoms with E-state index in [0.717, 1.165) is 22.6 Å². The molecule has 0 unspecified atom stereocenters. The number of hydrogen-bond donors (Lipinski definition) is 1. The van der Waals surface area contributed by atoms with Crippen LogP contribution < -0.4 is 5.73 Å². The van der Waals surface area contributed by atoms with Crippen molar-refractivity contribution in [2.75, 3.05) is 5.73 Å². The number of pyridine rings is 1. The average Bonchev–Trinajstić information content (AvgIpc) is 2.27. The molecule has 80 valence electrons. The Hall–Kier alpha value is -2.09. The summed E-state index contributed by atoms with van der Waals surface area (Å²) in [4.78, 5) is 4.39. The summed E-state index contributed by atoms with van der Waals surface area (Å²) in [6.07, 6.45) is 4.00. The summed E-state index contributed by atoms with van der Waals surface area (Å²) in [5.41, 5.74) is 9.55. The van der Waals surface area contributed by atoms with Crippen LogP contribution in [0.2, 0.25) is 0 Å². The molecule has 0 aliphatic heterocycles. The van der Waals surface area contributed by atoms with Crippen LogP contribution in [0.5, 0.6) is 0 Å². The lowest BCUT2D eigenvalue weighted by Gasteiger charge is -1.97. The molecule has 2 heteroatoms. The van der Waals surface area contributed by atoms with E-state index in [-0.39, 0.29) is 0 Å². The van der Waals surface area contributed by atoms with Gasteiger partial charge in [0.25, 0.3) is 0 Å². The van der Waals surface area contributed by atoms with E-state index in [1.54, 1.807) is 0 Å². The van der Waals surface area contributed by atoms with Crippen molar-refractivity contribution in [3.63, 3.8) is 0 Å². The molecular formula is C14H14N2. The van der Waals surface area contributed by atoms with Gasteiger partial charge in [0, 0.05) is 11.4 Å². The Morgan fingerprint density at radius 1 is 1.06 bits per heavy atom. The summed E-state index contributed by atoms with van der Waals surface area (Å²) in [7, 11) is 0. The minimum Gasteiger partial charge on any atom is -0.399 e. The Morgan fingerprint density at radius 2 is 1.88 bits per heavy atom. The van der Waals surface area contributed by atoms with Gasteiger partial charge in [-0.05, 0) is 42.8 Å². The van der Waals surface area contributed by atoms with Crippen molar-refractivity contribution in [3.8, 4) is 0 Å². The van der Waals surface area contributed by atoms with E-state index in [0.29, 0.717) is 0 Å². The van der Waals surface area contributed by atoms with Crippen LogP contribution in [0.15, 0.2) is 42.5 Å². The number of hydrogen-bond acceptors (Lipinski definition) is 2. The largest absolute Gasteiger partial charge is 0.399 e. The molecule has 2 N–H and O–H groups in total. The highest BCUT2D eigenvalue weighted by molar-refractivity contribution is 5.69. The summed E-state index contributed by atoms with van der Waals surface area (Å²) >= 11 is 0. The van der Waals surface area contributed by atoms with E-state index >= 15 is 0 Å². The molecule has 2 rings (SSSR count). The first-order chi connectivity index (χ1) is 7.74. The molecule has 2 aromatic rings.